The van der Waals surface area contributed by atoms with E-state index in [2.05, 4.69) is 20.9 Å². The molecule has 0 aliphatic heterocycles. The summed E-state index contributed by atoms with van der Waals surface area (Å²) in [5, 5.41) is 0. The maximum Gasteiger partial charge on any atom is 0.106 e. The molecule has 0 bridgehead atoms. The van der Waals surface area contributed by atoms with Crippen molar-refractivity contribution >= 4 is 15.9 Å². The molecule has 2 heteroatoms. The van der Waals surface area contributed by atoms with Gasteiger partial charge in [-0.05, 0) is 28.0 Å². The minimum atomic E-state index is -0.307. The molecule has 0 radical (unpaired) electrons. The third kappa shape index (κ3) is 1.27. The Kier molecular flexibility index (Phi) is 0.551. The molecule has 0 atom stereocenters. The van der Waals surface area contributed by atoms with Gasteiger partial charge in [0.1, 0.15) is 4.60 Å². The van der Waals surface area contributed by atoms with E-state index in [0.29, 0.717) is 0 Å². The molecule has 0 spiro atoms. The molecular weight excluding hydrogens is 154 g/mol. The highest BCUT2D eigenvalue weighted by Gasteiger charge is 1.75. The van der Waals surface area contributed by atoms with Gasteiger partial charge in [0.25, 0.3) is 0 Å². The van der Waals surface area contributed by atoms with Crippen LogP contribution in [-0.2, 0) is 0 Å². The van der Waals surface area contributed by atoms with Gasteiger partial charge in [0.05, 0.1) is 5.48 Å². The molecule has 1 rings (SSSR count). The molecule has 1 aromatic heterocycles. The maximum absolute atomic E-state index is 7.18. The summed E-state index contributed by atoms with van der Waals surface area (Å²) in [7, 11) is 0. The highest BCUT2D eigenvalue weighted by Crippen LogP contribution is 2.00. The molecular formula is C5H4BrN. The summed E-state index contributed by atoms with van der Waals surface area (Å²) in [6.45, 7) is 0. The predicted octanol–water partition coefficient (Wildman–Crippen LogP) is 1.84. The van der Waals surface area contributed by atoms with Gasteiger partial charge in [0.2, 0.25) is 0 Å². The third-order valence-electron chi connectivity index (χ3n) is 0.438. The Morgan fingerprint density at radius 1 is 1.71 bits per heavy atom. The minimum absolute atomic E-state index is 0.142. The van der Waals surface area contributed by atoms with Gasteiger partial charge in [-0.2, -0.15) is 0 Å². The highest BCUT2D eigenvalue weighted by atomic mass is 79.9. The zero-order valence-corrected chi connectivity index (χ0v) is 4.91. The van der Waals surface area contributed by atoms with Gasteiger partial charge >= 0.3 is 0 Å². The molecule has 0 fully saturated rings. The number of hydrogen-bond donors (Lipinski definition) is 0. The summed E-state index contributed by atoms with van der Waals surface area (Å²) in [4.78, 5) is 3.52. The summed E-state index contributed by atoms with van der Waals surface area (Å²) in [5.74, 6) is 0. The number of aromatic nitrogens is 1. The summed E-state index contributed by atoms with van der Waals surface area (Å²) < 4.78 is 28.7. The molecule has 7 heavy (non-hydrogen) atoms. The molecule has 0 N–H and O–H groups in total. The first-order chi connectivity index (χ1) is 5.04. The van der Waals surface area contributed by atoms with E-state index < -0.39 is 0 Å². The van der Waals surface area contributed by atoms with Crippen molar-refractivity contribution in [3.8, 4) is 0 Å². The van der Waals surface area contributed by atoms with Gasteiger partial charge in [-0.1, -0.05) is 6.04 Å². The first kappa shape index (κ1) is 1.86. The van der Waals surface area contributed by atoms with E-state index in [-0.39, 0.29) is 28.9 Å². The molecule has 0 amide bonds. The Bertz CT molecular complexity index is 275. The van der Waals surface area contributed by atoms with E-state index in [1.165, 1.54) is 0 Å². The average Bonchev–Trinajstić information content (AvgIpc) is 1.97. The van der Waals surface area contributed by atoms with E-state index in [1.807, 2.05) is 0 Å². The molecule has 1 heterocycles. The van der Waals surface area contributed by atoms with Crippen molar-refractivity contribution in [2.24, 2.45) is 0 Å². The standard InChI is InChI=1S/C5H4BrN/c6-5-3-1-2-4-7-5/h1-4H/i1D,2D,3D,4D. The topological polar surface area (TPSA) is 12.9 Å². The largest absolute Gasteiger partial charge is 0.249 e. The van der Waals surface area contributed by atoms with Crippen molar-refractivity contribution in [2.45, 2.75) is 0 Å². The van der Waals surface area contributed by atoms with Gasteiger partial charge in [0, 0.05) is 6.17 Å². The number of halogens is 1. The van der Waals surface area contributed by atoms with Crippen LogP contribution in [0.1, 0.15) is 5.48 Å². The van der Waals surface area contributed by atoms with Crippen LogP contribution in [0.5, 0.6) is 0 Å². The fourth-order valence-electron chi connectivity index (χ4n) is 0.216. The molecule has 0 aliphatic carbocycles. The van der Waals surface area contributed by atoms with E-state index in [0.717, 1.165) is 0 Å². The third-order valence-corrected chi connectivity index (χ3v) is 0.814. The second-order valence-electron chi connectivity index (χ2n) is 0.889. The zero-order chi connectivity index (χ0) is 8.59. The second-order valence-corrected chi connectivity index (χ2v) is 1.64. The number of rotatable bonds is 0. The summed E-state index contributed by atoms with van der Waals surface area (Å²) in [6, 6.07) is -0.721. The fraction of sp³-hybridized carbons (Fsp3) is 0. The fourth-order valence-corrected chi connectivity index (χ4v) is 0.404. The van der Waals surface area contributed by atoms with E-state index in [4.69, 9.17) is 5.48 Å². The van der Waals surface area contributed by atoms with Crippen LogP contribution in [0, 0.1) is 0 Å². The van der Waals surface area contributed by atoms with Gasteiger partial charge in [-0.15, -0.1) is 0 Å². The normalized spacial score (nSPS) is 16.7. The molecule has 0 unspecified atom stereocenters. The Morgan fingerprint density at radius 3 is 3.43 bits per heavy atom. The number of pyridine rings is 1. The van der Waals surface area contributed by atoms with Crippen molar-refractivity contribution in [3.05, 3.63) is 28.9 Å². The summed E-state index contributed by atoms with van der Waals surface area (Å²) in [6.07, 6.45) is -0.280. The van der Waals surface area contributed by atoms with Crippen molar-refractivity contribution in [2.75, 3.05) is 0 Å². The molecule has 0 aromatic carbocycles. The number of hydrogen-bond acceptors (Lipinski definition) is 1. The lowest BCUT2D eigenvalue weighted by molar-refractivity contribution is 1.28. The lowest BCUT2D eigenvalue weighted by Crippen LogP contribution is -1.66. The average molecular weight is 162 g/mol. The van der Waals surface area contributed by atoms with Crippen LogP contribution >= 0.6 is 15.9 Å². The van der Waals surface area contributed by atoms with Crippen molar-refractivity contribution in [1.82, 2.24) is 4.98 Å². The van der Waals surface area contributed by atoms with E-state index in [1.54, 1.807) is 0 Å². The van der Waals surface area contributed by atoms with Crippen LogP contribution in [0.15, 0.2) is 28.9 Å². The van der Waals surface area contributed by atoms with Gasteiger partial charge in [-0.3, -0.25) is 0 Å². The lowest BCUT2D eigenvalue weighted by Gasteiger charge is -1.80. The molecule has 0 saturated heterocycles. The van der Waals surface area contributed by atoms with Crippen LogP contribution in [0.3, 0.4) is 0 Å². The van der Waals surface area contributed by atoms with Gasteiger partial charge < -0.3 is 0 Å². The van der Waals surface area contributed by atoms with Crippen molar-refractivity contribution in [1.29, 1.82) is 0 Å². The Labute approximate surface area is 56.1 Å². The van der Waals surface area contributed by atoms with Crippen LogP contribution in [0.25, 0.3) is 0 Å². The van der Waals surface area contributed by atoms with Crippen LogP contribution in [-0.4, -0.2) is 4.98 Å². The molecule has 36 valence electrons. The minimum Gasteiger partial charge on any atom is -0.249 e. The Hall–Kier alpha value is -0.370. The summed E-state index contributed by atoms with van der Waals surface area (Å²) in [5.41, 5.74) is 0. The van der Waals surface area contributed by atoms with Gasteiger partial charge in [-0.25, -0.2) is 4.98 Å². The van der Waals surface area contributed by atoms with E-state index >= 15 is 0 Å². The van der Waals surface area contributed by atoms with E-state index in [9.17, 15) is 0 Å². The predicted molar refractivity (Wildman–Crippen MR) is 31.9 cm³/mol. The highest BCUT2D eigenvalue weighted by molar-refractivity contribution is 9.10. The molecule has 0 aliphatic rings. The maximum atomic E-state index is 7.18. The monoisotopic (exact) mass is 161 g/mol. The molecule has 0 saturated carbocycles. The first-order valence-electron chi connectivity index (χ1n) is 3.64. The lowest BCUT2D eigenvalue weighted by atomic mass is 10.5. The van der Waals surface area contributed by atoms with Gasteiger partial charge in [0.15, 0.2) is 0 Å². The van der Waals surface area contributed by atoms with Crippen LogP contribution < -0.4 is 0 Å². The smallest absolute Gasteiger partial charge is 0.106 e. The van der Waals surface area contributed by atoms with Crippen LogP contribution in [0.2, 0.25) is 0 Å². The van der Waals surface area contributed by atoms with Crippen LogP contribution in [0.4, 0.5) is 0 Å². The molecule has 1 aromatic rings. The Balaban J connectivity index is 3.46. The first-order valence-corrected chi connectivity index (χ1v) is 2.43. The second kappa shape index (κ2) is 2.07. The quantitative estimate of drug-likeness (QED) is 0.530. The SMILES string of the molecule is [2H]c1nc(Br)c([2H])c([2H])c1[2H]. The van der Waals surface area contributed by atoms with Crippen molar-refractivity contribution < 1.29 is 5.48 Å². The summed E-state index contributed by atoms with van der Waals surface area (Å²) >= 11 is 2.91. The Morgan fingerprint density at radius 2 is 2.57 bits per heavy atom. The molecule has 1 nitrogen and oxygen atoms in total. The number of nitrogens with zero attached hydrogens (tertiary/aromatic N) is 1. The zero-order valence-electron chi connectivity index (χ0n) is 7.33. The van der Waals surface area contributed by atoms with Crippen molar-refractivity contribution in [3.63, 3.8) is 0 Å².